The van der Waals surface area contributed by atoms with Crippen LogP contribution >= 0.6 is 0 Å². The number of hydrogen-bond donors (Lipinski definition) is 1. The molecule has 1 heterocycles. The first-order chi connectivity index (χ1) is 15.7. The fourth-order valence-corrected chi connectivity index (χ4v) is 5.88. The first kappa shape index (κ1) is 23.0. The molecule has 2 amide bonds. The normalized spacial score (nSPS) is 20.5. The van der Waals surface area contributed by atoms with Crippen molar-refractivity contribution in [2.75, 3.05) is 11.8 Å². The van der Waals surface area contributed by atoms with E-state index < -0.39 is 10.0 Å². The second-order valence-electron chi connectivity index (χ2n) is 8.49. The Morgan fingerprint density at radius 3 is 2.33 bits per heavy atom. The molecule has 1 aliphatic carbocycles. The summed E-state index contributed by atoms with van der Waals surface area (Å²) in [5, 5.41) is 0. The highest BCUT2D eigenvalue weighted by atomic mass is 32.2. The van der Waals surface area contributed by atoms with E-state index >= 15 is 0 Å². The molecule has 2 aliphatic rings. The summed E-state index contributed by atoms with van der Waals surface area (Å²) < 4.78 is 34.1. The van der Waals surface area contributed by atoms with Crippen LogP contribution in [0.5, 0.6) is 5.75 Å². The number of methoxy groups -OCH3 is 1. The summed E-state index contributed by atoms with van der Waals surface area (Å²) in [6, 6.07) is 10.8. The molecule has 2 aromatic rings. The molecular weight excluding hydrogens is 444 g/mol. The average molecular weight is 471 g/mol. The van der Waals surface area contributed by atoms with Gasteiger partial charge < -0.3 is 4.74 Å². The number of hydrogen-bond acceptors (Lipinski definition) is 6. The molecule has 1 aliphatic heterocycles. The number of amides is 2. The lowest BCUT2D eigenvalue weighted by Crippen LogP contribution is -2.30. The van der Waals surface area contributed by atoms with E-state index in [2.05, 4.69) is 4.72 Å². The molecule has 0 bridgehead atoms. The van der Waals surface area contributed by atoms with Crippen LogP contribution in [0.2, 0.25) is 0 Å². The number of imide groups is 1. The molecule has 0 aromatic heterocycles. The lowest BCUT2D eigenvalue weighted by atomic mass is 9.81. The summed E-state index contributed by atoms with van der Waals surface area (Å²) in [5.74, 6) is -0.933. The highest BCUT2D eigenvalue weighted by Crippen LogP contribution is 2.39. The van der Waals surface area contributed by atoms with Crippen molar-refractivity contribution in [3.05, 3.63) is 53.6 Å². The third-order valence-corrected chi connectivity index (χ3v) is 7.71. The molecule has 4 rings (SSSR count). The van der Waals surface area contributed by atoms with E-state index in [1.165, 1.54) is 37.1 Å². The molecule has 0 radical (unpaired) electrons. The number of ether oxygens (including phenoxy) is 1. The zero-order valence-electron chi connectivity index (χ0n) is 18.5. The maximum Gasteiger partial charge on any atom is 0.265 e. The van der Waals surface area contributed by atoms with Crippen LogP contribution in [-0.2, 0) is 26.2 Å². The van der Waals surface area contributed by atoms with Crippen LogP contribution in [0, 0.1) is 11.8 Å². The molecule has 2 fully saturated rings. The fraction of sp³-hybridized carbons (Fsp3) is 0.375. The van der Waals surface area contributed by atoms with Gasteiger partial charge >= 0.3 is 0 Å². The third-order valence-electron chi connectivity index (χ3n) is 6.31. The molecule has 1 N–H and O–H groups in total. The van der Waals surface area contributed by atoms with Gasteiger partial charge in [-0.2, -0.15) is 0 Å². The number of ketones is 1. The van der Waals surface area contributed by atoms with Gasteiger partial charge in [0.2, 0.25) is 11.8 Å². The number of fused-ring (bicyclic) bond motifs is 1. The van der Waals surface area contributed by atoms with Crippen molar-refractivity contribution >= 4 is 33.3 Å². The first-order valence-electron chi connectivity index (χ1n) is 10.9. The van der Waals surface area contributed by atoms with E-state index in [4.69, 9.17) is 4.74 Å². The molecule has 0 spiro atoms. The Balaban J connectivity index is 1.62. The van der Waals surface area contributed by atoms with Gasteiger partial charge in [-0.15, -0.1) is 0 Å². The van der Waals surface area contributed by atoms with Crippen LogP contribution in [-0.4, -0.2) is 38.0 Å². The standard InChI is InChI=1S/C24H26N2O6S/c1-15(27)17-6-5-7-18(13-17)25-33(30,31)22-12-16(10-11-21(22)32-2)14-26-23(28)19-8-3-4-9-20(19)24(26)29/h5-7,10-13,19-20,25H,3-4,8-9,14H2,1-2H3/t19-,20+. The summed E-state index contributed by atoms with van der Waals surface area (Å²) in [7, 11) is -2.71. The molecule has 33 heavy (non-hydrogen) atoms. The predicted molar refractivity (Wildman–Crippen MR) is 121 cm³/mol. The fourth-order valence-electron chi connectivity index (χ4n) is 4.61. The van der Waals surface area contributed by atoms with Crippen molar-refractivity contribution in [3.8, 4) is 5.75 Å². The van der Waals surface area contributed by atoms with E-state index in [0.717, 1.165) is 25.7 Å². The quantitative estimate of drug-likeness (QED) is 0.491. The third kappa shape index (κ3) is 4.50. The second-order valence-corrected chi connectivity index (χ2v) is 10.1. The number of anilines is 1. The first-order valence-corrected chi connectivity index (χ1v) is 12.4. The Hall–Kier alpha value is -3.20. The summed E-state index contributed by atoms with van der Waals surface area (Å²) in [4.78, 5) is 38.4. The summed E-state index contributed by atoms with van der Waals surface area (Å²) >= 11 is 0. The van der Waals surface area contributed by atoms with Gasteiger partial charge in [0.05, 0.1) is 25.5 Å². The molecule has 1 saturated heterocycles. The Bertz CT molecular complexity index is 1200. The van der Waals surface area contributed by atoms with Crippen LogP contribution in [0.25, 0.3) is 0 Å². The highest BCUT2D eigenvalue weighted by Gasteiger charge is 2.47. The van der Waals surface area contributed by atoms with E-state index in [0.29, 0.717) is 11.1 Å². The summed E-state index contributed by atoms with van der Waals surface area (Å²) in [6.45, 7) is 1.41. The Morgan fingerprint density at radius 2 is 1.73 bits per heavy atom. The number of likely N-dealkylation sites (tertiary alicyclic amines) is 1. The van der Waals surface area contributed by atoms with E-state index in [1.807, 2.05) is 0 Å². The molecule has 0 unspecified atom stereocenters. The molecule has 2 atom stereocenters. The summed E-state index contributed by atoms with van der Waals surface area (Å²) in [5.41, 5.74) is 1.13. The van der Waals surface area contributed by atoms with Gasteiger partial charge in [0.25, 0.3) is 10.0 Å². The number of sulfonamides is 1. The Kier molecular flexibility index (Phi) is 6.25. The minimum absolute atomic E-state index is 0.0109. The number of rotatable bonds is 7. The minimum Gasteiger partial charge on any atom is -0.495 e. The number of nitrogens with one attached hydrogen (secondary N) is 1. The molecule has 1 saturated carbocycles. The lowest BCUT2D eigenvalue weighted by Gasteiger charge is -2.19. The molecule has 2 aromatic carbocycles. The SMILES string of the molecule is COc1ccc(CN2C(=O)[C@H]3CCCC[C@H]3C2=O)cc1S(=O)(=O)Nc1cccc(C(C)=O)c1. The van der Waals surface area contributed by atoms with Crippen molar-refractivity contribution in [2.24, 2.45) is 11.8 Å². The van der Waals surface area contributed by atoms with Crippen LogP contribution in [0.1, 0.15) is 48.5 Å². The molecule has 174 valence electrons. The number of Topliss-reactive ketones (excluding diaryl/α,β-unsaturated/α-hetero) is 1. The van der Waals surface area contributed by atoms with Crippen molar-refractivity contribution in [1.29, 1.82) is 0 Å². The van der Waals surface area contributed by atoms with Gasteiger partial charge in [-0.05, 0) is 49.6 Å². The number of benzene rings is 2. The van der Waals surface area contributed by atoms with Gasteiger partial charge in [0.1, 0.15) is 10.6 Å². The molecule has 9 heteroatoms. The van der Waals surface area contributed by atoms with E-state index in [9.17, 15) is 22.8 Å². The zero-order chi connectivity index (χ0) is 23.8. The molecular formula is C24H26N2O6S. The van der Waals surface area contributed by atoms with Gasteiger partial charge in [-0.3, -0.25) is 24.0 Å². The topological polar surface area (TPSA) is 110 Å². The van der Waals surface area contributed by atoms with Crippen LogP contribution in [0.4, 0.5) is 5.69 Å². The number of carbonyl (C=O) groups is 3. The Labute approximate surface area is 193 Å². The van der Waals surface area contributed by atoms with Crippen molar-refractivity contribution in [1.82, 2.24) is 4.90 Å². The van der Waals surface area contributed by atoms with Crippen LogP contribution < -0.4 is 9.46 Å². The van der Waals surface area contributed by atoms with Gasteiger partial charge in [-0.25, -0.2) is 8.42 Å². The van der Waals surface area contributed by atoms with Gasteiger partial charge in [0.15, 0.2) is 5.78 Å². The van der Waals surface area contributed by atoms with Crippen molar-refractivity contribution in [3.63, 3.8) is 0 Å². The maximum absolute atomic E-state index is 13.2. The van der Waals surface area contributed by atoms with E-state index in [1.54, 1.807) is 24.3 Å². The largest absolute Gasteiger partial charge is 0.495 e. The molecule has 8 nitrogen and oxygen atoms in total. The smallest absolute Gasteiger partial charge is 0.265 e. The van der Waals surface area contributed by atoms with Crippen LogP contribution in [0.3, 0.4) is 0 Å². The summed E-state index contributed by atoms with van der Waals surface area (Å²) in [6.07, 6.45) is 3.32. The zero-order valence-corrected chi connectivity index (χ0v) is 19.4. The Morgan fingerprint density at radius 1 is 1.06 bits per heavy atom. The predicted octanol–water partition coefficient (Wildman–Crippen LogP) is 3.37. The van der Waals surface area contributed by atoms with E-state index in [-0.39, 0.29) is 52.3 Å². The highest BCUT2D eigenvalue weighted by molar-refractivity contribution is 7.92. The number of carbonyl (C=O) groups excluding carboxylic acids is 3. The maximum atomic E-state index is 13.2. The average Bonchev–Trinajstić information content (AvgIpc) is 3.04. The van der Waals surface area contributed by atoms with Gasteiger partial charge in [-0.1, -0.05) is 31.0 Å². The monoisotopic (exact) mass is 470 g/mol. The van der Waals surface area contributed by atoms with Crippen LogP contribution in [0.15, 0.2) is 47.4 Å². The van der Waals surface area contributed by atoms with Crippen molar-refractivity contribution < 1.29 is 27.5 Å². The lowest BCUT2D eigenvalue weighted by molar-refractivity contribution is -0.140. The second kappa shape index (κ2) is 8.97. The minimum atomic E-state index is -4.08. The van der Waals surface area contributed by atoms with Gasteiger partial charge in [0, 0.05) is 11.3 Å². The number of nitrogens with zero attached hydrogens (tertiary/aromatic N) is 1. The van der Waals surface area contributed by atoms with Crippen molar-refractivity contribution in [2.45, 2.75) is 44.0 Å².